The van der Waals surface area contributed by atoms with Crippen LogP contribution in [-0.4, -0.2) is 31.4 Å². The Hall–Kier alpha value is -3.43. The third-order valence-electron chi connectivity index (χ3n) is 4.39. The molecule has 0 saturated carbocycles. The van der Waals surface area contributed by atoms with Gasteiger partial charge in [-0.3, -0.25) is 5.32 Å². The highest BCUT2D eigenvalue weighted by Crippen LogP contribution is 2.29. The lowest BCUT2D eigenvalue weighted by Gasteiger charge is -2.19. The van der Waals surface area contributed by atoms with Gasteiger partial charge in [0.2, 0.25) is 5.89 Å². The second-order valence-corrected chi connectivity index (χ2v) is 9.03. The van der Waals surface area contributed by atoms with Crippen LogP contribution in [0.25, 0.3) is 28.3 Å². The molecule has 1 N–H and O–H groups in total. The first kappa shape index (κ1) is 22.8. The Balaban J connectivity index is 1.88. The summed E-state index contributed by atoms with van der Waals surface area (Å²) in [5.41, 5.74) is 0.0376. The first-order chi connectivity index (χ1) is 15.5. The molecular weight excluding hydrogens is 469 g/mol. The molecular formula is C22H19Cl2N5O4. The summed E-state index contributed by atoms with van der Waals surface area (Å²) in [5, 5.41) is 7.86. The summed E-state index contributed by atoms with van der Waals surface area (Å²) in [6.45, 7) is 7.01. The van der Waals surface area contributed by atoms with E-state index in [9.17, 15) is 9.59 Å². The maximum absolute atomic E-state index is 12.7. The van der Waals surface area contributed by atoms with Crippen LogP contribution < -0.4 is 10.9 Å². The highest BCUT2D eigenvalue weighted by atomic mass is 35.5. The second kappa shape index (κ2) is 8.49. The SMILES string of the molecule is Cc1cc(Cl)cc2c(=O)oc(-c3cc(NC(=O)OC(C)(C)C)nn3-c3ncccc3Cl)nc12. The lowest BCUT2D eigenvalue weighted by molar-refractivity contribution is 0.0635. The smallest absolute Gasteiger partial charge is 0.413 e. The number of amides is 1. The van der Waals surface area contributed by atoms with Crippen molar-refractivity contribution in [1.29, 1.82) is 0 Å². The molecule has 0 unspecified atom stereocenters. The van der Waals surface area contributed by atoms with E-state index in [1.165, 1.54) is 23.0 Å². The van der Waals surface area contributed by atoms with E-state index in [2.05, 4.69) is 20.4 Å². The number of ether oxygens (including phenoxy) is 1. The minimum atomic E-state index is -0.704. The fourth-order valence-corrected chi connectivity index (χ4v) is 3.59. The van der Waals surface area contributed by atoms with Crippen LogP contribution in [0.3, 0.4) is 0 Å². The number of hydrogen-bond acceptors (Lipinski definition) is 7. The number of fused-ring (bicyclic) bond motifs is 1. The normalized spacial score (nSPS) is 11.6. The van der Waals surface area contributed by atoms with E-state index in [-0.39, 0.29) is 33.6 Å². The lowest BCUT2D eigenvalue weighted by Crippen LogP contribution is -2.27. The molecule has 0 aliphatic heterocycles. The maximum Gasteiger partial charge on any atom is 0.413 e. The van der Waals surface area contributed by atoms with Gasteiger partial charge in [0, 0.05) is 17.3 Å². The van der Waals surface area contributed by atoms with E-state index in [1.54, 1.807) is 45.9 Å². The molecule has 0 saturated heterocycles. The van der Waals surface area contributed by atoms with Gasteiger partial charge in [-0.2, -0.15) is 0 Å². The number of carbonyl (C=O) groups is 1. The highest BCUT2D eigenvalue weighted by molar-refractivity contribution is 6.32. The summed E-state index contributed by atoms with van der Waals surface area (Å²) in [4.78, 5) is 33.7. The van der Waals surface area contributed by atoms with Crippen molar-refractivity contribution < 1.29 is 13.9 Å². The summed E-state index contributed by atoms with van der Waals surface area (Å²) in [6.07, 6.45) is 0.827. The molecule has 0 spiro atoms. The molecule has 33 heavy (non-hydrogen) atoms. The molecule has 4 rings (SSSR count). The molecule has 0 atom stereocenters. The summed E-state index contributed by atoms with van der Waals surface area (Å²) in [6, 6.07) is 7.97. The number of carbonyl (C=O) groups excluding carboxylic acids is 1. The van der Waals surface area contributed by atoms with Crippen LogP contribution in [0.15, 0.2) is 45.7 Å². The van der Waals surface area contributed by atoms with Gasteiger partial charge in [0.15, 0.2) is 11.6 Å². The molecule has 0 aliphatic carbocycles. The summed E-state index contributed by atoms with van der Waals surface area (Å²) >= 11 is 12.4. The molecule has 9 nitrogen and oxygen atoms in total. The van der Waals surface area contributed by atoms with Crippen molar-refractivity contribution in [3.8, 4) is 17.4 Å². The molecule has 3 heterocycles. The molecule has 170 valence electrons. The molecule has 4 aromatic rings. The molecule has 1 aromatic carbocycles. The third-order valence-corrected chi connectivity index (χ3v) is 4.90. The van der Waals surface area contributed by atoms with Crippen LogP contribution in [0.4, 0.5) is 10.6 Å². The molecule has 1 amide bonds. The maximum atomic E-state index is 12.7. The van der Waals surface area contributed by atoms with Gasteiger partial charge in [-0.15, -0.1) is 5.10 Å². The number of halogens is 2. The van der Waals surface area contributed by atoms with Crippen molar-refractivity contribution >= 4 is 46.0 Å². The zero-order valence-corrected chi connectivity index (χ0v) is 19.7. The average molecular weight is 488 g/mol. The van der Waals surface area contributed by atoms with Crippen molar-refractivity contribution in [2.24, 2.45) is 0 Å². The summed E-state index contributed by atoms with van der Waals surface area (Å²) in [5.74, 6) is 0.339. The Kier molecular flexibility index (Phi) is 5.85. The van der Waals surface area contributed by atoms with E-state index in [0.29, 0.717) is 16.1 Å². The van der Waals surface area contributed by atoms with Gasteiger partial charge in [0.1, 0.15) is 11.3 Å². The first-order valence-electron chi connectivity index (χ1n) is 9.84. The molecule has 0 bridgehead atoms. The number of rotatable bonds is 3. The van der Waals surface area contributed by atoms with Crippen LogP contribution in [0, 0.1) is 6.92 Å². The molecule has 0 fully saturated rings. The van der Waals surface area contributed by atoms with Crippen LogP contribution in [0.1, 0.15) is 26.3 Å². The standard InChI is InChI=1S/C22H19Cl2N5O4/c1-11-8-12(23)9-13-17(11)27-19(32-20(13)30)15-10-16(26-21(31)33-22(2,3)4)28-29(15)18-14(24)6-5-7-25-18/h5-10H,1-4H3,(H,26,28,31). The number of nitrogens with one attached hydrogen (secondary N) is 1. The van der Waals surface area contributed by atoms with Gasteiger partial charge < -0.3 is 9.15 Å². The van der Waals surface area contributed by atoms with Crippen molar-refractivity contribution in [1.82, 2.24) is 19.7 Å². The Bertz CT molecular complexity index is 1440. The Labute approximate surface area is 198 Å². The van der Waals surface area contributed by atoms with Gasteiger partial charge in [0.05, 0.1) is 15.9 Å². The third kappa shape index (κ3) is 4.84. The van der Waals surface area contributed by atoms with Crippen molar-refractivity contribution in [2.75, 3.05) is 5.32 Å². The number of anilines is 1. The van der Waals surface area contributed by atoms with Crippen molar-refractivity contribution in [3.05, 3.63) is 62.6 Å². The fraction of sp³-hybridized carbons (Fsp3) is 0.227. The van der Waals surface area contributed by atoms with E-state index in [4.69, 9.17) is 32.4 Å². The Morgan fingerprint density at radius 3 is 2.67 bits per heavy atom. The minimum absolute atomic E-state index is 0.0376. The number of hydrogen-bond donors (Lipinski definition) is 1. The molecule has 0 aliphatic rings. The van der Waals surface area contributed by atoms with Crippen molar-refractivity contribution in [3.63, 3.8) is 0 Å². The van der Waals surface area contributed by atoms with E-state index in [0.717, 1.165) is 0 Å². The van der Waals surface area contributed by atoms with E-state index in [1.807, 2.05) is 0 Å². The second-order valence-electron chi connectivity index (χ2n) is 8.19. The number of benzene rings is 1. The highest BCUT2D eigenvalue weighted by Gasteiger charge is 2.22. The van der Waals surface area contributed by atoms with Crippen LogP contribution in [0.5, 0.6) is 0 Å². The zero-order chi connectivity index (χ0) is 23.9. The lowest BCUT2D eigenvalue weighted by atomic mass is 10.1. The Morgan fingerprint density at radius 1 is 1.21 bits per heavy atom. The van der Waals surface area contributed by atoms with Crippen molar-refractivity contribution in [2.45, 2.75) is 33.3 Å². The zero-order valence-electron chi connectivity index (χ0n) is 18.1. The number of aromatic nitrogens is 4. The van der Waals surface area contributed by atoms with Crippen LogP contribution in [-0.2, 0) is 4.74 Å². The van der Waals surface area contributed by atoms with E-state index < -0.39 is 17.3 Å². The molecule has 0 radical (unpaired) electrons. The van der Waals surface area contributed by atoms with E-state index >= 15 is 0 Å². The summed E-state index contributed by atoms with van der Waals surface area (Å²) in [7, 11) is 0. The van der Waals surface area contributed by atoms with Gasteiger partial charge in [-0.1, -0.05) is 23.2 Å². The Morgan fingerprint density at radius 2 is 1.97 bits per heavy atom. The average Bonchev–Trinajstić information content (AvgIpc) is 3.10. The van der Waals surface area contributed by atoms with Crippen LogP contribution >= 0.6 is 23.2 Å². The topological polar surface area (TPSA) is 112 Å². The fourth-order valence-electron chi connectivity index (χ4n) is 3.11. The minimum Gasteiger partial charge on any atom is -0.444 e. The quantitative estimate of drug-likeness (QED) is 0.411. The van der Waals surface area contributed by atoms with Gasteiger partial charge in [-0.25, -0.2) is 24.2 Å². The largest absolute Gasteiger partial charge is 0.444 e. The number of pyridine rings is 1. The number of nitrogens with zero attached hydrogens (tertiary/aromatic N) is 4. The van der Waals surface area contributed by atoms with Gasteiger partial charge in [0.25, 0.3) is 0 Å². The first-order valence-corrected chi connectivity index (χ1v) is 10.6. The predicted molar refractivity (Wildman–Crippen MR) is 125 cm³/mol. The monoisotopic (exact) mass is 487 g/mol. The predicted octanol–water partition coefficient (Wildman–Crippen LogP) is 5.40. The number of aryl methyl sites for hydroxylation is 1. The summed E-state index contributed by atoms with van der Waals surface area (Å²) < 4.78 is 12.1. The van der Waals surface area contributed by atoms with Gasteiger partial charge >= 0.3 is 11.7 Å². The van der Waals surface area contributed by atoms with Crippen LogP contribution in [0.2, 0.25) is 10.0 Å². The van der Waals surface area contributed by atoms with Gasteiger partial charge in [-0.05, 0) is 57.5 Å². The molecule has 11 heteroatoms. The molecule has 3 aromatic heterocycles.